The van der Waals surface area contributed by atoms with Gasteiger partial charge in [0, 0.05) is 18.5 Å². The van der Waals surface area contributed by atoms with Gasteiger partial charge in [-0.25, -0.2) is 9.78 Å². The number of nitrogens with zero attached hydrogens (tertiary/aromatic N) is 1. The number of carbonyl (C=O) groups is 2. The lowest BCUT2D eigenvalue weighted by molar-refractivity contribution is -0.131. The zero-order valence-corrected chi connectivity index (χ0v) is 10.7. The van der Waals surface area contributed by atoms with Crippen LogP contribution in [0.3, 0.4) is 0 Å². The zero-order valence-electron chi connectivity index (χ0n) is 10.7. The maximum Gasteiger partial charge on any atom is 0.328 e. The van der Waals surface area contributed by atoms with Gasteiger partial charge in [-0.15, -0.1) is 0 Å². The number of aliphatic carboxylic acids is 1. The third-order valence-electron chi connectivity index (χ3n) is 2.51. The molecule has 0 saturated carbocycles. The molecule has 21 heavy (non-hydrogen) atoms. The number of nitrogens with one attached hydrogen (secondary N) is 2. The molecule has 0 saturated heterocycles. The van der Waals surface area contributed by atoms with Gasteiger partial charge in [0.15, 0.2) is 0 Å². The fourth-order valence-corrected chi connectivity index (χ4v) is 1.57. The van der Waals surface area contributed by atoms with Gasteiger partial charge < -0.3 is 15.4 Å². The number of aromatic nitrogens is 2. The summed E-state index contributed by atoms with van der Waals surface area (Å²) in [4.78, 5) is 40.2. The van der Waals surface area contributed by atoms with E-state index in [0.717, 1.165) is 6.08 Å². The first-order chi connectivity index (χ1) is 10.1. The molecule has 0 fully saturated rings. The monoisotopic (exact) mass is 285 g/mol. The smallest absolute Gasteiger partial charge is 0.328 e. The highest BCUT2D eigenvalue weighted by Gasteiger charge is 2.10. The lowest BCUT2D eigenvalue weighted by atomic mass is 10.2. The number of H-pyrrole nitrogens is 1. The van der Waals surface area contributed by atoms with Crippen molar-refractivity contribution in [2.75, 3.05) is 5.32 Å². The van der Waals surface area contributed by atoms with Crippen LogP contribution in [0, 0.1) is 0 Å². The van der Waals surface area contributed by atoms with Crippen molar-refractivity contribution >= 4 is 23.8 Å². The van der Waals surface area contributed by atoms with Crippen molar-refractivity contribution in [2.45, 2.75) is 0 Å². The lowest BCUT2D eigenvalue weighted by Crippen LogP contribution is -2.22. The molecule has 1 amide bonds. The molecule has 2 rings (SSSR count). The van der Waals surface area contributed by atoms with Crippen LogP contribution in [0.15, 0.2) is 47.5 Å². The van der Waals surface area contributed by atoms with Gasteiger partial charge in [-0.05, 0) is 35.9 Å². The van der Waals surface area contributed by atoms with Crippen molar-refractivity contribution in [3.8, 4) is 0 Å². The summed E-state index contributed by atoms with van der Waals surface area (Å²) in [5.74, 6) is -1.45. The fraction of sp³-hybridized carbons (Fsp3) is 0. The molecule has 106 valence electrons. The van der Waals surface area contributed by atoms with E-state index in [0.29, 0.717) is 5.56 Å². The highest BCUT2D eigenvalue weighted by molar-refractivity contribution is 6.03. The van der Waals surface area contributed by atoms with E-state index in [2.05, 4.69) is 15.3 Å². The molecular formula is C14H11N3O4. The Hall–Kier alpha value is -3.22. The van der Waals surface area contributed by atoms with E-state index in [1.54, 1.807) is 6.07 Å². The van der Waals surface area contributed by atoms with Gasteiger partial charge in [-0.1, -0.05) is 0 Å². The van der Waals surface area contributed by atoms with Gasteiger partial charge in [0.05, 0.1) is 0 Å². The average Bonchev–Trinajstić information content (AvgIpc) is 2.46. The molecule has 0 spiro atoms. The summed E-state index contributed by atoms with van der Waals surface area (Å²) >= 11 is 0. The van der Waals surface area contributed by atoms with Gasteiger partial charge >= 0.3 is 5.97 Å². The summed E-state index contributed by atoms with van der Waals surface area (Å²) in [5.41, 5.74) is 0.0207. The number of carboxylic acids is 1. The Balaban J connectivity index is 2.19. The molecule has 3 N–H and O–H groups in total. The molecule has 0 aliphatic carbocycles. The highest BCUT2D eigenvalue weighted by atomic mass is 16.4. The molecule has 2 aromatic heterocycles. The molecule has 0 bridgehead atoms. The first-order valence-electron chi connectivity index (χ1n) is 5.92. The van der Waals surface area contributed by atoms with Crippen LogP contribution >= 0.6 is 0 Å². The van der Waals surface area contributed by atoms with Crippen molar-refractivity contribution in [1.82, 2.24) is 9.97 Å². The Morgan fingerprint density at radius 1 is 1.33 bits per heavy atom. The summed E-state index contributed by atoms with van der Waals surface area (Å²) < 4.78 is 0. The van der Waals surface area contributed by atoms with E-state index in [1.807, 2.05) is 0 Å². The Morgan fingerprint density at radius 3 is 2.86 bits per heavy atom. The number of carboxylic acid groups (broad SMARTS) is 1. The van der Waals surface area contributed by atoms with Crippen molar-refractivity contribution in [3.63, 3.8) is 0 Å². The lowest BCUT2D eigenvalue weighted by Gasteiger charge is -2.04. The SMILES string of the molecule is O=C(O)/C=C/c1ccnc(NC(=O)c2ccc[nH]c2=O)c1. The number of amides is 1. The number of rotatable bonds is 4. The third kappa shape index (κ3) is 3.87. The second-order valence-corrected chi connectivity index (χ2v) is 4.01. The normalized spacial score (nSPS) is 10.5. The Morgan fingerprint density at radius 2 is 2.14 bits per heavy atom. The van der Waals surface area contributed by atoms with E-state index in [-0.39, 0.29) is 11.4 Å². The van der Waals surface area contributed by atoms with E-state index in [1.165, 1.54) is 36.7 Å². The van der Waals surface area contributed by atoms with Gasteiger partial charge in [0.25, 0.3) is 11.5 Å². The minimum atomic E-state index is -1.08. The molecule has 0 aliphatic rings. The number of carbonyl (C=O) groups excluding carboxylic acids is 1. The summed E-state index contributed by atoms with van der Waals surface area (Å²) in [6, 6.07) is 6.01. The predicted octanol–water partition coefficient (Wildman–Crippen LogP) is 1.12. The molecular weight excluding hydrogens is 274 g/mol. The van der Waals surface area contributed by atoms with E-state index in [4.69, 9.17) is 5.11 Å². The van der Waals surface area contributed by atoms with Crippen LogP contribution < -0.4 is 10.9 Å². The molecule has 2 aromatic rings. The minimum absolute atomic E-state index is 0.0363. The average molecular weight is 285 g/mol. The Bertz CT molecular complexity index is 765. The van der Waals surface area contributed by atoms with Crippen LogP contribution in [0.25, 0.3) is 6.08 Å². The second-order valence-electron chi connectivity index (χ2n) is 4.01. The standard InChI is InChI=1S/C14H11N3O4/c18-12(19)4-3-9-5-7-15-11(8-9)17-14(21)10-2-1-6-16-13(10)20/h1-8H,(H,16,20)(H,18,19)(H,15,17,21)/b4-3+. The van der Waals surface area contributed by atoms with Gasteiger partial charge in [-0.2, -0.15) is 0 Å². The molecule has 0 unspecified atom stereocenters. The molecule has 0 radical (unpaired) electrons. The fourth-order valence-electron chi connectivity index (χ4n) is 1.57. The second kappa shape index (κ2) is 6.29. The Kier molecular flexibility index (Phi) is 4.25. The zero-order chi connectivity index (χ0) is 15.2. The molecule has 2 heterocycles. The summed E-state index contributed by atoms with van der Waals surface area (Å²) in [5, 5.41) is 11.0. The maximum absolute atomic E-state index is 11.9. The topological polar surface area (TPSA) is 112 Å². The van der Waals surface area contributed by atoms with E-state index in [9.17, 15) is 14.4 Å². The van der Waals surface area contributed by atoms with Crippen LogP contribution in [0.4, 0.5) is 5.82 Å². The van der Waals surface area contributed by atoms with Crippen LogP contribution in [0.5, 0.6) is 0 Å². The van der Waals surface area contributed by atoms with Crippen molar-refractivity contribution in [3.05, 3.63) is 64.2 Å². The summed E-state index contributed by atoms with van der Waals surface area (Å²) in [6.45, 7) is 0. The van der Waals surface area contributed by atoms with Crippen LogP contribution in [-0.2, 0) is 4.79 Å². The van der Waals surface area contributed by atoms with Crippen LogP contribution in [0.1, 0.15) is 15.9 Å². The number of pyridine rings is 2. The highest BCUT2D eigenvalue weighted by Crippen LogP contribution is 2.09. The predicted molar refractivity (Wildman–Crippen MR) is 75.9 cm³/mol. The van der Waals surface area contributed by atoms with Crippen molar-refractivity contribution < 1.29 is 14.7 Å². The summed E-state index contributed by atoms with van der Waals surface area (Å²) in [6.07, 6.45) is 5.19. The first-order valence-corrected chi connectivity index (χ1v) is 5.92. The van der Waals surface area contributed by atoms with Gasteiger partial charge in [0.1, 0.15) is 11.4 Å². The van der Waals surface area contributed by atoms with E-state index >= 15 is 0 Å². The third-order valence-corrected chi connectivity index (χ3v) is 2.51. The molecule has 0 aromatic carbocycles. The minimum Gasteiger partial charge on any atom is -0.478 e. The first kappa shape index (κ1) is 14.2. The number of hydrogen-bond donors (Lipinski definition) is 3. The van der Waals surface area contributed by atoms with Gasteiger partial charge in [-0.3, -0.25) is 9.59 Å². The Labute approximate surface area is 119 Å². The molecule has 7 nitrogen and oxygen atoms in total. The van der Waals surface area contributed by atoms with Crippen molar-refractivity contribution in [2.24, 2.45) is 0 Å². The van der Waals surface area contributed by atoms with Crippen molar-refractivity contribution in [1.29, 1.82) is 0 Å². The summed E-state index contributed by atoms with van der Waals surface area (Å²) in [7, 11) is 0. The van der Waals surface area contributed by atoms with Gasteiger partial charge in [0.2, 0.25) is 0 Å². The molecule has 7 heteroatoms. The number of anilines is 1. The number of hydrogen-bond acceptors (Lipinski definition) is 4. The quantitative estimate of drug-likeness (QED) is 0.729. The molecule has 0 atom stereocenters. The molecule has 0 aliphatic heterocycles. The van der Waals surface area contributed by atoms with Crippen LogP contribution in [0.2, 0.25) is 0 Å². The van der Waals surface area contributed by atoms with E-state index < -0.39 is 17.4 Å². The number of aromatic amines is 1. The largest absolute Gasteiger partial charge is 0.478 e. The maximum atomic E-state index is 11.9. The van der Waals surface area contributed by atoms with Crippen LogP contribution in [-0.4, -0.2) is 27.0 Å².